The Morgan fingerprint density at radius 3 is 3.25 bits per heavy atom. The van der Waals surface area contributed by atoms with Gasteiger partial charge in [0, 0.05) is 24.4 Å². The fourth-order valence-corrected chi connectivity index (χ4v) is 1.54. The lowest BCUT2D eigenvalue weighted by atomic mass is 9.99. The summed E-state index contributed by atoms with van der Waals surface area (Å²) in [6.07, 6.45) is 9.62. The predicted octanol–water partition coefficient (Wildman–Crippen LogP) is 2.35. The Balaban J connectivity index is 0.000000720. The molecule has 3 heteroatoms. The molecule has 0 spiro atoms. The topological polar surface area (TPSA) is 15.6 Å². The third kappa shape index (κ3) is 1.46. The molecule has 2 rings (SSSR count). The molecule has 0 aromatic carbocycles. The third-order valence-corrected chi connectivity index (χ3v) is 2.16. The minimum absolute atomic E-state index is 0. The number of hydrogen-bond acceptors (Lipinski definition) is 2. The summed E-state index contributed by atoms with van der Waals surface area (Å²) in [5, 5.41) is 6.36. The van der Waals surface area contributed by atoms with Gasteiger partial charge in [-0.25, -0.2) is 0 Å². The fraction of sp³-hybridized carbons (Fsp3) is 0.444. The molecule has 0 N–H and O–H groups in total. The van der Waals surface area contributed by atoms with E-state index in [2.05, 4.69) is 35.3 Å². The van der Waals surface area contributed by atoms with E-state index in [9.17, 15) is 0 Å². The standard InChI is InChI=1S/C9H12N2.BrH/c1-2-11-9-6-4-3-5-8(9)7-10-11;/h3-4,6-8H,2,5H2,1H3;1H. The van der Waals surface area contributed by atoms with E-state index in [1.807, 2.05) is 6.21 Å². The first-order valence-electron chi connectivity index (χ1n) is 4.10. The summed E-state index contributed by atoms with van der Waals surface area (Å²) >= 11 is 0. The molecule has 1 aliphatic heterocycles. The van der Waals surface area contributed by atoms with Crippen molar-refractivity contribution in [3.05, 3.63) is 23.9 Å². The van der Waals surface area contributed by atoms with Gasteiger partial charge in [-0.05, 0) is 19.4 Å². The van der Waals surface area contributed by atoms with Crippen molar-refractivity contribution in [2.24, 2.45) is 11.0 Å². The van der Waals surface area contributed by atoms with Crippen molar-refractivity contribution in [3.8, 4) is 0 Å². The van der Waals surface area contributed by atoms with E-state index in [0.717, 1.165) is 13.0 Å². The van der Waals surface area contributed by atoms with Gasteiger partial charge in [0.15, 0.2) is 0 Å². The van der Waals surface area contributed by atoms with E-state index in [1.54, 1.807) is 0 Å². The van der Waals surface area contributed by atoms with Crippen LogP contribution in [0.4, 0.5) is 0 Å². The number of halogens is 1. The highest BCUT2D eigenvalue weighted by atomic mass is 79.9. The maximum atomic E-state index is 4.30. The lowest BCUT2D eigenvalue weighted by Gasteiger charge is -2.18. The average molecular weight is 229 g/mol. The highest BCUT2D eigenvalue weighted by Gasteiger charge is 2.22. The van der Waals surface area contributed by atoms with Crippen LogP contribution in [-0.2, 0) is 0 Å². The van der Waals surface area contributed by atoms with Crippen molar-refractivity contribution < 1.29 is 0 Å². The Morgan fingerprint density at radius 1 is 1.67 bits per heavy atom. The summed E-state index contributed by atoms with van der Waals surface area (Å²) < 4.78 is 0. The number of hydrazone groups is 1. The van der Waals surface area contributed by atoms with Gasteiger partial charge in [-0.2, -0.15) is 5.10 Å². The summed E-state index contributed by atoms with van der Waals surface area (Å²) in [4.78, 5) is 0. The molecule has 0 bridgehead atoms. The number of rotatable bonds is 1. The number of nitrogens with zero attached hydrogens (tertiary/aromatic N) is 2. The average Bonchev–Trinajstić information content (AvgIpc) is 2.47. The van der Waals surface area contributed by atoms with Gasteiger partial charge in [0.05, 0.1) is 0 Å². The number of allylic oxidation sites excluding steroid dienone is 4. The zero-order valence-corrected chi connectivity index (χ0v) is 8.82. The zero-order valence-electron chi connectivity index (χ0n) is 7.10. The van der Waals surface area contributed by atoms with Crippen LogP contribution in [0.1, 0.15) is 13.3 Å². The molecule has 0 aromatic heterocycles. The molecule has 0 saturated heterocycles. The van der Waals surface area contributed by atoms with E-state index >= 15 is 0 Å². The first-order chi connectivity index (χ1) is 5.42. The van der Waals surface area contributed by atoms with Crippen LogP contribution in [0.5, 0.6) is 0 Å². The van der Waals surface area contributed by atoms with Gasteiger partial charge < -0.3 is 0 Å². The second-order valence-electron chi connectivity index (χ2n) is 2.84. The van der Waals surface area contributed by atoms with Gasteiger partial charge in [0.2, 0.25) is 0 Å². The second kappa shape index (κ2) is 3.90. The van der Waals surface area contributed by atoms with Gasteiger partial charge >= 0.3 is 0 Å². The molecule has 0 saturated carbocycles. The monoisotopic (exact) mass is 228 g/mol. The van der Waals surface area contributed by atoms with E-state index in [-0.39, 0.29) is 17.0 Å². The number of fused-ring (bicyclic) bond motifs is 1. The maximum Gasteiger partial charge on any atom is 0.0455 e. The quantitative estimate of drug-likeness (QED) is 0.673. The van der Waals surface area contributed by atoms with Crippen molar-refractivity contribution in [2.45, 2.75) is 13.3 Å². The van der Waals surface area contributed by atoms with Crippen LogP contribution in [0.25, 0.3) is 0 Å². The largest absolute Gasteiger partial charge is 0.270 e. The van der Waals surface area contributed by atoms with Crippen LogP contribution in [0.15, 0.2) is 29.0 Å². The lowest BCUT2D eigenvalue weighted by molar-refractivity contribution is 0.383. The molecule has 0 aromatic rings. The molecule has 2 aliphatic rings. The van der Waals surface area contributed by atoms with Crippen LogP contribution in [0, 0.1) is 5.92 Å². The Labute approximate surface area is 83.4 Å². The second-order valence-corrected chi connectivity index (χ2v) is 2.84. The molecular formula is C9H13BrN2. The predicted molar refractivity (Wildman–Crippen MR) is 56.5 cm³/mol. The third-order valence-electron chi connectivity index (χ3n) is 2.16. The van der Waals surface area contributed by atoms with Crippen molar-refractivity contribution in [3.63, 3.8) is 0 Å². The molecule has 66 valence electrons. The van der Waals surface area contributed by atoms with Gasteiger partial charge in [0.1, 0.15) is 0 Å². The smallest absolute Gasteiger partial charge is 0.0455 e. The van der Waals surface area contributed by atoms with Crippen molar-refractivity contribution in [1.29, 1.82) is 0 Å². The summed E-state index contributed by atoms with van der Waals surface area (Å²) in [5.41, 5.74) is 1.36. The van der Waals surface area contributed by atoms with Crippen LogP contribution in [0.2, 0.25) is 0 Å². The molecule has 1 aliphatic carbocycles. The Hall–Kier alpha value is -0.570. The molecule has 1 heterocycles. The van der Waals surface area contributed by atoms with Crippen LogP contribution in [-0.4, -0.2) is 17.8 Å². The summed E-state index contributed by atoms with van der Waals surface area (Å²) in [5.74, 6) is 0.556. The normalized spacial score (nSPS) is 24.9. The molecule has 12 heavy (non-hydrogen) atoms. The molecule has 0 radical (unpaired) electrons. The van der Waals surface area contributed by atoms with Crippen molar-refractivity contribution in [2.75, 3.05) is 6.54 Å². The maximum absolute atomic E-state index is 4.30. The Kier molecular flexibility index (Phi) is 3.09. The molecule has 0 amide bonds. The minimum Gasteiger partial charge on any atom is -0.270 e. The first-order valence-corrected chi connectivity index (χ1v) is 4.10. The summed E-state index contributed by atoms with van der Waals surface area (Å²) in [6.45, 7) is 3.10. The molecular weight excluding hydrogens is 216 g/mol. The minimum atomic E-state index is 0. The first kappa shape index (κ1) is 9.52. The Bertz CT molecular complexity index is 243. The number of hydrogen-bond donors (Lipinski definition) is 0. The van der Waals surface area contributed by atoms with Crippen LogP contribution in [0.3, 0.4) is 0 Å². The van der Waals surface area contributed by atoms with Crippen LogP contribution >= 0.6 is 17.0 Å². The molecule has 2 nitrogen and oxygen atoms in total. The van der Waals surface area contributed by atoms with Crippen molar-refractivity contribution >= 4 is 23.2 Å². The van der Waals surface area contributed by atoms with Crippen molar-refractivity contribution in [1.82, 2.24) is 5.01 Å². The highest BCUT2D eigenvalue weighted by Crippen LogP contribution is 2.26. The summed E-state index contributed by atoms with van der Waals surface area (Å²) in [6, 6.07) is 0. The van der Waals surface area contributed by atoms with E-state index < -0.39 is 0 Å². The SMILES string of the molecule is Br.CCN1N=CC2CC=CC=C21. The van der Waals surface area contributed by atoms with Gasteiger partial charge in [-0.15, -0.1) is 17.0 Å². The molecule has 1 unspecified atom stereocenters. The fourth-order valence-electron chi connectivity index (χ4n) is 1.54. The molecule has 0 fully saturated rings. The van der Waals surface area contributed by atoms with E-state index in [1.165, 1.54) is 5.70 Å². The molecule has 1 atom stereocenters. The highest BCUT2D eigenvalue weighted by molar-refractivity contribution is 8.93. The van der Waals surface area contributed by atoms with Gasteiger partial charge in [-0.1, -0.05) is 12.2 Å². The van der Waals surface area contributed by atoms with Gasteiger partial charge in [0.25, 0.3) is 0 Å². The summed E-state index contributed by atoms with van der Waals surface area (Å²) in [7, 11) is 0. The van der Waals surface area contributed by atoms with Crippen LogP contribution < -0.4 is 0 Å². The Morgan fingerprint density at radius 2 is 2.50 bits per heavy atom. The van der Waals surface area contributed by atoms with Gasteiger partial charge in [-0.3, -0.25) is 5.01 Å². The lowest BCUT2D eigenvalue weighted by Crippen LogP contribution is -2.16. The van der Waals surface area contributed by atoms with E-state index in [4.69, 9.17) is 0 Å². The van der Waals surface area contributed by atoms with E-state index in [0.29, 0.717) is 5.92 Å². The zero-order chi connectivity index (χ0) is 7.68.